The summed E-state index contributed by atoms with van der Waals surface area (Å²) in [5, 5.41) is 15.4. The molecule has 0 aliphatic heterocycles. The smallest absolute Gasteiger partial charge is 0.222 e. The van der Waals surface area contributed by atoms with Gasteiger partial charge >= 0.3 is 0 Å². The number of nitrogens with zero attached hydrogens (tertiary/aromatic N) is 3. The summed E-state index contributed by atoms with van der Waals surface area (Å²) in [6.45, 7) is 9.52. The Labute approximate surface area is 202 Å². The summed E-state index contributed by atoms with van der Waals surface area (Å²) in [4.78, 5) is 2.22. The second kappa shape index (κ2) is 12.0. The maximum atomic E-state index is 10.6. The van der Waals surface area contributed by atoms with Gasteiger partial charge in [-0.1, -0.05) is 36.4 Å². The molecule has 34 heavy (non-hydrogen) atoms. The van der Waals surface area contributed by atoms with Crippen LogP contribution in [0.3, 0.4) is 0 Å². The van der Waals surface area contributed by atoms with Crippen molar-refractivity contribution in [3.8, 4) is 28.6 Å². The maximum Gasteiger partial charge on any atom is 0.222 e. The number of hydrogen-bond acceptors (Lipinski definition) is 6. The average Bonchev–Trinajstić information content (AvgIpc) is 3.12. The van der Waals surface area contributed by atoms with Gasteiger partial charge < -0.3 is 19.3 Å². The molecule has 3 aromatic rings. The first-order chi connectivity index (χ1) is 16.3. The molecule has 1 N–H and O–H groups in total. The van der Waals surface area contributed by atoms with Gasteiger partial charge in [0.1, 0.15) is 17.2 Å². The predicted molar refractivity (Wildman–Crippen MR) is 134 cm³/mol. The van der Waals surface area contributed by atoms with E-state index in [1.807, 2.05) is 75.5 Å². The molecule has 0 radical (unpaired) electrons. The van der Waals surface area contributed by atoms with Gasteiger partial charge in [-0.05, 0) is 39.8 Å². The molecule has 2 aromatic carbocycles. The molecule has 1 atom stereocenters. The van der Waals surface area contributed by atoms with Gasteiger partial charge in [0.05, 0.1) is 31.5 Å². The number of methoxy groups -OCH3 is 1. The Morgan fingerprint density at radius 2 is 1.71 bits per heavy atom. The Morgan fingerprint density at radius 3 is 2.35 bits per heavy atom. The minimum absolute atomic E-state index is 0.0769. The lowest BCUT2D eigenvalue weighted by Crippen LogP contribution is -2.39. The van der Waals surface area contributed by atoms with E-state index in [4.69, 9.17) is 19.3 Å². The normalized spacial score (nSPS) is 12.5. The number of aromatic nitrogens is 2. The van der Waals surface area contributed by atoms with Crippen LogP contribution in [0.25, 0.3) is 11.3 Å². The molecule has 0 aliphatic carbocycles. The van der Waals surface area contributed by atoms with E-state index in [1.165, 1.54) is 0 Å². The predicted octanol–water partition coefficient (Wildman–Crippen LogP) is 4.88. The number of benzene rings is 2. The molecule has 1 aromatic heterocycles. The highest BCUT2D eigenvalue weighted by atomic mass is 16.5. The Kier molecular flexibility index (Phi) is 9.10. The van der Waals surface area contributed by atoms with Crippen LogP contribution >= 0.6 is 0 Å². The van der Waals surface area contributed by atoms with Crippen molar-refractivity contribution >= 4 is 0 Å². The first-order valence-electron chi connectivity index (χ1n) is 11.7. The molecule has 0 aliphatic rings. The van der Waals surface area contributed by atoms with Crippen LogP contribution in [0.15, 0.2) is 54.6 Å². The third-order valence-electron chi connectivity index (χ3n) is 5.55. The van der Waals surface area contributed by atoms with E-state index >= 15 is 0 Å². The highest BCUT2D eigenvalue weighted by molar-refractivity contribution is 5.65. The number of rotatable bonds is 12. The maximum absolute atomic E-state index is 10.6. The molecular formula is C27H37N3O4. The van der Waals surface area contributed by atoms with Gasteiger partial charge in [-0.15, -0.1) is 0 Å². The molecule has 7 heteroatoms. The van der Waals surface area contributed by atoms with E-state index in [0.29, 0.717) is 31.3 Å². The van der Waals surface area contributed by atoms with Gasteiger partial charge in [0.2, 0.25) is 5.88 Å². The second-order valence-electron chi connectivity index (χ2n) is 8.96. The van der Waals surface area contributed by atoms with Gasteiger partial charge in [0.25, 0.3) is 0 Å². The monoisotopic (exact) mass is 467 g/mol. The fraction of sp³-hybridized carbons (Fsp3) is 0.444. The number of aliphatic hydroxyl groups is 1. The SMILES string of the molecule is COc1cccc(Oc2c(CN(C[C@@H](O)COC(C)C)C(C)C)c(-c3ccccc3)nn2C)c1. The van der Waals surface area contributed by atoms with Gasteiger partial charge in [-0.2, -0.15) is 5.10 Å². The molecule has 0 spiro atoms. The number of aliphatic hydroxyl groups excluding tert-OH is 1. The Hall–Kier alpha value is -2.87. The topological polar surface area (TPSA) is 69.0 Å². The zero-order valence-electron chi connectivity index (χ0n) is 21.1. The highest BCUT2D eigenvalue weighted by Crippen LogP contribution is 2.35. The van der Waals surface area contributed by atoms with Gasteiger partial charge in [0, 0.05) is 37.8 Å². The van der Waals surface area contributed by atoms with Crippen molar-refractivity contribution in [2.24, 2.45) is 7.05 Å². The van der Waals surface area contributed by atoms with Gasteiger partial charge in [-0.25, -0.2) is 4.68 Å². The van der Waals surface area contributed by atoms with Crippen molar-refractivity contribution in [3.05, 3.63) is 60.2 Å². The van der Waals surface area contributed by atoms with Crippen LogP contribution in [-0.4, -0.2) is 58.3 Å². The zero-order valence-corrected chi connectivity index (χ0v) is 21.1. The summed E-state index contributed by atoms with van der Waals surface area (Å²) < 4.78 is 19.1. The highest BCUT2D eigenvalue weighted by Gasteiger charge is 2.25. The zero-order chi connectivity index (χ0) is 24.7. The molecular weight excluding hydrogens is 430 g/mol. The molecule has 0 amide bonds. The summed E-state index contributed by atoms with van der Waals surface area (Å²) in [7, 11) is 3.52. The molecule has 184 valence electrons. The van der Waals surface area contributed by atoms with E-state index in [-0.39, 0.29) is 12.1 Å². The Bertz CT molecular complexity index is 1030. The lowest BCUT2D eigenvalue weighted by molar-refractivity contribution is -0.0137. The molecule has 3 rings (SSSR count). The molecule has 0 bridgehead atoms. The van der Waals surface area contributed by atoms with Crippen LogP contribution in [0.5, 0.6) is 17.4 Å². The fourth-order valence-corrected chi connectivity index (χ4v) is 3.71. The third kappa shape index (κ3) is 6.82. The van der Waals surface area contributed by atoms with Crippen LogP contribution in [0.4, 0.5) is 0 Å². The molecule has 0 saturated heterocycles. The van der Waals surface area contributed by atoms with Crippen molar-refractivity contribution in [1.29, 1.82) is 0 Å². The number of hydrogen-bond donors (Lipinski definition) is 1. The molecule has 0 fully saturated rings. The van der Waals surface area contributed by atoms with E-state index in [0.717, 1.165) is 22.6 Å². The number of ether oxygens (including phenoxy) is 3. The molecule has 0 unspecified atom stereocenters. The minimum Gasteiger partial charge on any atom is -0.497 e. The van der Waals surface area contributed by atoms with Crippen molar-refractivity contribution in [1.82, 2.24) is 14.7 Å². The van der Waals surface area contributed by atoms with Crippen LogP contribution < -0.4 is 9.47 Å². The lowest BCUT2D eigenvalue weighted by Gasteiger charge is -2.29. The van der Waals surface area contributed by atoms with Crippen LogP contribution in [-0.2, 0) is 18.3 Å². The summed E-state index contributed by atoms with van der Waals surface area (Å²) in [6, 6.07) is 17.8. The van der Waals surface area contributed by atoms with E-state index in [2.05, 4.69) is 18.7 Å². The first-order valence-corrected chi connectivity index (χ1v) is 11.7. The van der Waals surface area contributed by atoms with Gasteiger partial charge in [-0.3, -0.25) is 4.90 Å². The van der Waals surface area contributed by atoms with Crippen molar-refractivity contribution in [3.63, 3.8) is 0 Å². The van der Waals surface area contributed by atoms with Crippen molar-refractivity contribution in [2.75, 3.05) is 20.3 Å². The summed E-state index contributed by atoms with van der Waals surface area (Å²) >= 11 is 0. The molecule has 0 saturated carbocycles. The minimum atomic E-state index is -0.593. The quantitative estimate of drug-likeness (QED) is 0.409. The van der Waals surface area contributed by atoms with E-state index in [1.54, 1.807) is 11.8 Å². The Balaban J connectivity index is 1.96. The molecule has 7 nitrogen and oxygen atoms in total. The van der Waals surface area contributed by atoms with Gasteiger partial charge in [0.15, 0.2) is 0 Å². The van der Waals surface area contributed by atoms with Crippen molar-refractivity contribution in [2.45, 2.75) is 52.5 Å². The van der Waals surface area contributed by atoms with E-state index < -0.39 is 6.10 Å². The van der Waals surface area contributed by atoms with E-state index in [9.17, 15) is 5.11 Å². The standard InChI is InChI=1S/C27H37N3O4/c1-19(2)30(16-22(31)18-33-20(3)4)17-25-26(21-11-8-7-9-12-21)28-29(5)27(25)34-24-14-10-13-23(15-24)32-6/h7-15,19-20,22,31H,16-18H2,1-6H3/t22-/m1/s1. The Morgan fingerprint density at radius 1 is 1.00 bits per heavy atom. The fourth-order valence-electron chi connectivity index (χ4n) is 3.71. The van der Waals surface area contributed by atoms with Crippen LogP contribution in [0, 0.1) is 0 Å². The summed E-state index contributed by atoms with van der Waals surface area (Å²) in [5.41, 5.74) is 2.84. The summed E-state index contributed by atoms with van der Waals surface area (Å²) in [6.07, 6.45) is -0.516. The summed E-state index contributed by atoms with van der Waals surface area (Å²) in [5.74, 6) is 2.05. The van der Waals surface area contributed by atoms with Crippen LogP contribution in [0.1, 0.15) is 33.3 Å². The molecule has 1 heterocycles. The van der Waals surface area contributed by atoms with Crippen molar-refractivity contribution < 1.29 is 19.3 Å². The average molecular weight is 468 g/mol. The lowest BCUT2D eigenvalue weighted by atomic mass is 10.1. The largest absolute Gasteiger partial charge is 0.497 e. The number of aryl methyl sites for hydroxylation is 1. The second-order valence-corrected chi connectivity index (χ2v) is 8.96. The first kappa shape index (κ1) is 25.7. The van der Waals surface area contributed by atoms with Crippen LogP contribution in [0.2, 0.25) is 0 Å². The third-order valence-corrected chi connectivity index (χ3v) is 5.55.